The minimum Gasteiger partial charge on any atom is -0.490 e. The summed E-state index contributed by atoms with van der Waals surface area (Å²) in [5.74, 6) is -2.06. The van der Waals surface area contributed by atoms with Crippen LogP contribution in [-0.2, 0) is 9.53 Å². The summed E-state index contributed by atoms with van der Waals surface area (Å²) in [5, 5.41) is 12.9. The average molecular weight is 602 g/mol. The molecule has 3 aromatic rings. The van der Waals surface area contributed by atoms with Gasteiger partial charge in [0.1, 0.15) is 23.9 Å². The van der Waals surface area contributed by atoms with Gasteiger partial charge in [0.15, 0.2) is 6.10 Å². The Bertz CT molecular complexity index is 1570. The van der Waals surface area contributed by atoms with Crippen molar-refractivity contribution >= 4 is 23.4 Å². The van der Waals surface area contributed by atoms with Gasteiger partial charge in [0.25, 0.3) is 5.91 Å². The molecule has 12 heteroatoms. The number of halogens is 3. The Hall–Kier alpha value is -4.32. The molecule has 1 aliphatic heterocycles. The zero-order chi connectivity index (χ0) is 31.9. The highest BCUT2D eigenvalue weighted by atomic mass is 19.4. The first-order valence-corrected chi connectivity index (χ1v) is 13.5. The molecule has 0 radical (unpaired) electrons. The maximum atomic E-state index is 13.3. The van der Waals surface area contributed by atoms with Crippen LogP contribution in [0.3, 0.4) is 0 Å². The molecule has 230 valence electrons. The molecule has 0 aliphatic carbocycles. The largest absolute Gasteiger partial charge is 0.573 e. The van der Waals surface area contributed by atoms with E-state index in [-0.39, 0.29) is 17.1 Å². The molecule has 4 rings (SSSR count). The normalized spacial score (nSPS) is 14.0. The number of benzene rings is 2. The van der Waals surface area contributed by atoms with E-state index >= 15 is 0 Å². The number of hydrogen-bond donors (Lipinski definition) is 2. The number of rotatable bonds is 7. The van der Waals surface area contributed by atoms with Gasteiger partial charge in [-0.3, -0.25) is 4.79 Å². The summed E-state index contributed by atoms with van der Waals surface area (Å²) >= 11 is 0. The fraction of sp³-hybridized carbons (Fsp3) is 0.387. The van der Waals surface area contributed by atoms with Crippen LogP contribution in [0.15, 0.2) is 36.4 Å². The number of anilines is 2. The first-order valence-electron chi connectivity index (χ1n) is 13.5. The van der Waals surface area contributed by atoms with Crippen LogP contribution in [-0.4, -0.2) is 54.1 Å². The Balaban J connectivity index is 1.93. The van der Waals surface area contributed by atoms with Crippen molar-refractivity contribution in [2.24, 2.45) is 0 Å². The summed E-state index contributed by atoms with van der Waals surface area (Å²) in [5.41, 5.74) is 2.52. The molecule has 2 heterocycles. The van der Waals surface area contributed by atoms with Gasteiger partial charge in [0, 0.05) is 23.9 Å². The van der Waals surface area contributed by atoms with Crippen LogP contribution < -0.4 is 19.7 Å². The van der Waals surface area contributed by atoms with Crippen molar-refractivity contribution < 1.29 is 42.1 Å². The topological polar surface area (TPSA) is 110 Å². The number of carbonyl (C=O) groups is 2. The highest BCUT2D eigenvalue weighted by Crippen LogP contribution is 2.45. The second kappa shape index (κ2) is 11.8. The minimum absolute atomic E-state index is 0.0460. The Morgan fingerprint density at radius 2 is 1.74 bits per heavy atom. The number of fused-ring (bicyclic) bond motifs is 1. The molecule has 1 atom stereocenters. The Morgan fingerprint density at radius 3 is 2.37 bits per heavy atom. The first-order chi connectivity index (χ1) is 20.0. The number of para-hydroxylation sites is 1. The zero-order valence-electron chi connectivity index (χ0n) is 25.0. The van der Waals surface area contributed by atoms with Crippen molar-refractivity contribution in [2.75, 3.05) is 30.4 Å². The van der Waals surface area contributed by atoms with Gasteiger partial charge in [0.2, 0.25) is 0 Å². The van der Waals surface area contributed by atoms with Crippen LogP contribution in [0, 0.1) is 20.8 Å². The molecule has 9 nitrogen and oxygen atoms in total. The zero-order valence-corrected chi connectivity index (χ0v) is 25.0. The van der Waals surface area contributed by atoms with Gasteiger partial charge < -0.3 is 29.5 Å². The summed E-state index contributed by atoms with van der Waals surface area (Å²) < 4.78 is 55.0. The van der Waals surface area contributed by atoms with Gasteiger partial charge in [-0.2, -0.15) is 0 Å². The van der Waals surface area contributed by atoms with E-state index in [0.29, 0.717) is 41.2 Å². The van der Waals surface area contributed by atoms with Crippen LogP contribution in [0.5, 0.6) is 11.5 Å². The molecule has 2 N–H and O–H groups in total. The number of likely N-dealkylation sites (N-methyl/N-ethyl adjacent to an activating group) is 1. The predicted molar refractivity (Wildman–Crippen MR) is 155 cm³/mol. The van der Waals surface area contributed by atoms with Crippen LogP contribution in [0.4, 0.5) is 24.7 Å². The molecule has 0 bridgehead atoms. The third-order valence-electron chi connectivity index (χ3n) is 6.95. The molecule has 0 spiro atoms. The summed E-state index contributed by atoms with van der Waals surface area (Å²) in [7, 11) is 1.93. The molecule has 43 heavy (non-hydrogen) atoms. The fourth-order valence-corrected chi connectivity index (χ4v) is 5.17. The number of alkyl halides is 3. The van der Waals surface area contributed by atoms with Crippen molar-refractivity contribution in [1.29, 1.82) is 0 Å². The van der Waals surface area contributed by atoms with Crippen molar-refractivity contribution in [2.45, 2.75) is 59.6 Å². The number of amides is 1. The van der Waals surface area contributed by atoms with E-state index in [0.717, 1.165) is 17.3 Å². The molecule has 0 saturated heterocycles. The third-order valence-corrected chi connectivity index (χ3v) is 6.95. The molecule has 1 aromatic heterocycles. The summed E-state index contributed by atoms with van der Waals surface area (Å²) in [6.45, 7) is 11.5. The van der Waals surface area contributed by atoms with Gasteiger partial charge in [-0.25, -0.2) is 9.78 Å². The number of aliphatic carboxylic acids is 1. The number of aromatic nitrogens is 1. The van der Waals surface area contributed by atoms with Crippen LogP contribution in [0.25, 0.3) is 11.1 Å². The lowest BCUT2D eigenvalue weighted by Gasteiger charge is -2.32. The van der Waals surface area contributed by atoms with E-state index in [4.69, 9.17) is 9.47 Å². The number of carbonyl (C=O) groups excluding carboxylic acids is 1. The Morgan fingerprint density at radius 1 is 1.07 bits per heavy atom. The minimum atomic E-state index is -5.00. The lowest BCUT2D eigenvalue weighted by Crippen LogP contribution is -2.30. The predicted octanol–water partition coefficient (Wildman–Crippen LogP) is 6.59. The van der Waals surface area contributed by atoms with Gasteiger partial charge in [0.05, 0.1) is 23.4 Å². The second-order valence-electron chi connectivity index (χ2n) is 11.3. The maximum absolute atomic E-state index is 13.3. The quantitative estimate of drug-likeness (QED) is 0.312. The van der Waals surface area contributed by atoms with E-state index in [2.05, 4.69) is 15.0 Å². The van der Waals surface area contributed by atoms with Crippen LogP contribution in [0.1, 0.15) is 59.6 Å². The SMILES string of the molecule is Cc1nc(NC(=O)c2ccccc2OC(F)(F)F)c(C)c(-c2ccc3c(c2C)N(C)CCO3)c1[C@H](OC(C)(C)C)C(=O)O. The van der Waals surface area contributed by atoms with Gasteiger partial charge >= 0.3 is 12.3 Å². The maximum Gasteiger partial charge on any atom is 0.573 e. The van der Waals surface area contributed by atoms with E-state index in [9.17, 15) is 27.9 Å². The van der Waals surface area contributed by atoms with Crippen LogP contribution >= 0.6 is 0 Å². The van der Waals surface area contributed by atoms with Gasteiger partial charge in [-0.05, 0) is 76.4 Å². The molecular weight excluding hydrogens is 567 g/mol. The number of carboxylic acid groups (broad SMARTS) is 1. The molecule has 0 saturated carbocycles. The lowest BCUT2D eigenvalue weighted by molar-refractivity contribution is -0.274. The number of aryl methyl sites for hydroxylation is 1. The standard InChI is InChI=1S/C31H34F3N3O6/c1-16-19(12-13-22-25(16)37(7)14-15-41-22)23-17(2)27(35-18(3)24(23)26(29(39)40)43-30(4,5)6)36-28(38)20-10-8-9-11-21(20)42-31(32,33)34/h8-13,26H,14-15H2,1-7H3,(H,39,40)(H,35,36,38)/t26-/m0/s1. The fourth-order valence-electron chi connectivity index (χ4n) is 5.17. The Labute approximate surface area is 247 Å². The highest BCUT2D eigenvalue weighted by molar-refractivity contribution is 6.06. The number of hydrogen-bond acceptors (Lipinski definition) is 7. The molecule has 0 fully saturated rings. The molecule has 1 amide bonds. The van der Waals surface area contributed by atoms with E-state index < -0.39 is 35.7 Å². The number of carboxylic acids is 1. The highest BCUT2D eigenvalue weighted by Gasteiger charge is 2.35. The molecule has 1 aliphatic rings. The summed E-state index contributed by atoms with van der Waals surface area (Å²) in [4.78, 5) is 32.5. The second-order valence-corrected chi connectivity index (χ2v) is 11.3. The lowest BCUT2D eigenvalue weighted by atomic mass is 9.87. The van der Waals surface area contributed by atoms with E-state index in [1.54, 1.807) is 40.7 Å². The van der Waals surface area contributed by atoms with Crippen molar-refractivity contribution in [1.82, 2.24) is 4.98 Å². The van der Waals surface area contributed by atoms with Crippen LogP contribution in [0.2, 0.25) is 0 Å². The van der Waals surface area contributed by atoms with Crippen molar-refractivity contribution in [3.8, 4) is 22.6 Å². The van der Waals surface area contributed by atoms with E-state index in [1.165, 1.54) is 18.2 Å². The number of ether oxygens (including phenoxy) is 3. The Kier molecular flexibility index (Phi) is 8.64. The van der Waals surface area contributed by atoms with Gasteiger partial charge in [-0.1, -0.05) is 18.2 Å². The number of nitrogens with one attached hydrogen (secondary N) is 1. The molecular formula is C31H34F3N3O6. The molecule has 0 unspecified atom stereocenters. The summed E-state index contributed by atoms with van der Waals surface area (Å²) in [6, 6.07) is 8.59. The summed E-state index contributed by atoms with van der Waals surface area (Å²) in [6.07, 6.45) is -6.42. The number of nitrogens with zero attached hydrogens (tertiary/aromatic N) is 2. The van der Waals surface area contributed by atoms with Gasteiger partial charge in [-0.15, -0.1) is 13.2 Å². The molecule has 2 aromatic carbocycles. The smallest absolute Gasteiger partial charge is 0.490 e. The first kappa shape index (κ1) is 31.6. The van der Waals surface area contributed by atoms with Crippen molar-refractivity contribution in [3.63, 3.8) is 0 Å². The number of pyridine rings is 1. The monoisotopic (exact) mass is 601 g/mol. The average Bonchev–Trinajstić information content (AvgIpc) is 2.88. The van der Waals surface area contributed by atoms with Crippen molar-refractivity contribution in [3.05, 3.63) is 64.3 Å². The van der Waals surface area contributed by atoms with E-state index in [1.807, 2.05) is 24.9 Å². The third kappa shape index (κ3) is 6.85.